The number of aliphatic imine (C=N–C) groups is 1. The molecule has 0 bridgehead atoms. The number of methoxy groups -OCH3 is 2. The van der Waals surface area contributed by atoms with Crippen LogP contribution in [-0.2, 0) is 4.74 Å². The summed E-state index contributed by atoms with van der Waals surface area (Å²) in [6.07, 6.45) is 6.46. The highest BCUT2D eigenvalue weighted by Gasteiger charge is 2.12. The van der Waals surface area contributed by atoms with Crippen molar-refractivity contribution in [2.75, 3.05) is 19.7 Å². The largest absolute Gasteiger partial charge is 0.495 e. The minimum Gasteiger partial charge on any atom is -0.495 e. The summed E-state index contributed by atoms with van der Waals surface area (Å²) in [5, 5.41) is 9.22. The molecule has 1 aliphatic rings. The summed E-state index contributed by atoms with van der Waals surface area (Å²) in [5.74, 6) is 1.24. The Labute approximate surface area is 111 Å². The van der Waals surface area contributed by atoms with Crippen LogP contribution >= 0.6 is 0 Å². The van der Waals surface area contributed by atoms with Crippen LogP contribution < -0.4 is 10.2 Å². The van der Waals surface area contributed by atoms with Crippen molar-refractivity contribution >= 4 is 17.1 Å². The number of hydrogen-bond donors (Lipinski definition) is 2. The van der Waals surface area contributed by atoms with E-state index in [0.29, 0.717) is 29.3 Å². The molecule has 5 heteroatoms. The van der Waals surface area contributed by atoms with Gasteiger partial charge < -0.3 is 9.47 Å². The zero-order valence-corrected chi connectivity index (χ0v) is 10.9. The quantitative estimate of drug-likeness (QED) is 0.817. The number of nitrogens with one attached hydrogen (secondary N) is 1. The van der Waals surface area contributed by atoms with Gasteiger partial charge in [-0.15, -0.1) is 0 Å². The van der Waals surface area contributed by atoms with E-state index < -0.39 is 0 Å². The van der Waals surface area contributed by atoms with Crippen molar-refractivity contribution < 1.29 is 14.7 Å². The zero-order chi connectivity index (χ0) is 13.7. The highest BCUT2D eigenvalue weighted by atomic mass is 16.5. The lowest BCUT2D eigenvalue weighted by Crippen LogP contribution is -2.06. The summed E-state index contributed by atoms with van der Waals surface area (Å²) in [6, 6.07) is 5.35. The first kappa shape index (κ1) is 13.2. The van der Waals surface area contributed by atoms with Crippen molar-refractivity contribution in [1.82, 2.24) is 0 Å². The minimum absolute atomic E-state index is 0.433. The molecule has 2 N–H and O–H groups in total. The SMILES string of the molecule is COC1=CC=CCC1=Nc1cccc(OC)c1NO. The van der Waals surface area contributed by atoms with Gasteiger partial charge in [-0.1, -0.05) is 18.2 Å². The summed E-state index contributed by atoms with van der Waals surface area (Å²) < 4.78 is 10.4. The Balaban J connectivity index is 2.43. The number of hydrogen-bond acceptors (Lipinski definition) is 5. The van der Waals surface area contributed by atoms with E-state index in [4.69, 9.17) is 9.47 Å². The van der Waals surface area contributed by atoms with E-state index in [0.717, 1.165) is 5.71 Å². The highest BCUT2D eigenvalue weighted by molar-refractivity contribution is 6.02. The fourth-order valence-electron chi connectivity index (χ4n) is 1.86. The normalized spacial score (nSPS) is 16.2. The maximum atomic E-state index is 9.22. The van der Waals surface area contributed by atoms with Crippen LogP contribution in [0.25, 0.3) is 0 Å². The minimum atomic E-state index is 0.433. The smallest absolute Gasteiger partial charge is 0.146 e. The number of anilines is 1. The average Bonchev–Trinajstić information content (AvgIpc) is 2.47. The topological polar surface area (TPSA) is 63.1 Å². The van der Waals surface area contributed by atoms with Gasteiger partial charge in [0.15, 0.2) is 0 Å². The number of para-hydroxylation sites is 1. The Morgan fingerprint density at radius 2 is 2.11 bits per heavy atom. The van der Waals surface area contributed by atoms with Gasteiger partial charge in [0.25, 0.3) is 0 Å². The lowest BCUT2D eigenvalue weighted by Gasteiger charge is -2.13. The molecule has 1 aliphatic carbocycles. The summed E-state index contributed by atoms with van der Waals surface area (Å²) in [5.41, 5.74) is 3.95. The molecule has 0 saturated carbocycles. The molecule has 0 aliphatic heterocycles. The van der Waals surface area contributed by atoms with Gasteiger partial charge in [-0.2, -0.15) is 0 Å². The molecule has 0 heterocycles. The Morgan fingerprint density at radius 3 is 2.79 bits per heavy atom. The van der Waals surface area contributed by atoms with E-state index in [2.05, 4.69) is 10.5 Å². The molecule has 0 radical (unpaired) electrons. The van der Waals surface area contributed by atoms with Crippen LogP contribution in [-0.4, -0.2) is 25.1 Å². The van der Waals surface area contributed by atoms with E-state index >= 15 is 0 Å². The van der Waals surface area contributed by atoms with E-state index in [-0.39, 0.29) is 0 Å². The van der Waals surface area contributed by atoms with E-state index in [1.807, 2.05) is 24.3 Å². The molecule has 0 atom stereocenters. The van der Waals surface area contributed by atoms with E-state index in [1.165, 1.54) is 7.11 Å². The van der Waals surface area contributed by atoms with Gasteiger partial charge in [0.05, 0.1) is 25.6 Å². The zero-order valence-electron chi connectivity index (χ0n) is 10.9. The second-order valence-electron chi connectivity index (χ2n) is 3.89. The van der Waals surface area contributed by atoms with Crippen LogP contribution in [0.2, 0.25) is 0 Å². The number of rotatable bonds is 4. The van der Waals surface area contributed by atoms with Crippen LogP contribution in [0.3, 0.4) is 0 Å². The lowest BCUT2D eigenvalue weighted by molar-refractivity contribution is 0.314. The molecule has 0 unspecified atom stereocenters. The molecule has 0 saturated heterocycles. The van der Waals surface area contributed by atoms with Gasteiger partial charge in [0, 0.05) is 6.42 Å². The number of ether oxygens (including phenoxy) is 2. The van der Waals surface area contributed by atoms with E-state index in [1.54, 1.807) is 19.2 Å². The number of allylic oxidation sites excluding steroid dienone is 4. The molecule has 1 aromatic carbocycles. The van der Waals surface area contributed by atoms with Gasteiger partial charge in [-0.3, -0.25) is 10.7 Å². The van der Waals surface area contributed by atoms with Crippen molar-refractivity contribution in [2.24, 2.45) is 4.99 Å². The third kappa shape index (κ3) is 2.77. The van der Waals surface area contributed by atoms with Crippen molar-refractivity contribution in [1.29, 1.82) is 0 Å². The van der Waals surface area contributed by atoms with Crippen LogP contribution in [0, 0.1) is 0 Å². The Morgan fingerprint density at radius 1 is 1.26 bits per heavy atom. The van der Waals surface area contributed by atoms with Gasteiger partial charge in [-0.25, -0.2) is 4.99 Å². The number of benzene rings is 1. The monoisotopic (exact) mass is 260 g/mol. The maximum Gasteiger partial charge on any atom is 0.146 e. The highest BCUT2D eigenvalue weighted by Crippen LogP contribution is 2.34. The van der Waals surface area contributed by atoms with Gasteiger partial charge in [0.2, 0.25) is 0 Å². The summed E-state index contributed by atoms with van der Waals surface area (Å²) >= 11 is 0. The lowest BCUT2D eigenvalue weighted by atomic mass is 10.1. The van der Waals surface area contributed by atoms with Crippen LogP contribution in [0.5, 0.6) is 5.75 Å². The fraction of sp³-hybridized carbons (Fsp3) is 0.214. The molecule has 1 aromatic rings. The predicted octanol–water partition coefficient (Wildman–Crippen LogP) is 3.06. The first-order valence-electron chi connectivity index (χ1n) is 5.86. The van der Waals surface area contributed by atoms with Crippen LogP contribution in [0.15, 0.2) is 47.2 Å². The van der Waals surface area contributed by atoms with Gasteiger partial charge in [0.1, 0.15) is 17.2 Å². The molecular weight excluding hydrogens is 244 g/mol. The van der Waals surface area contributed by atoms with Crippen LogP contribution in [0.1, 0.15) is 6.42 Å². The Hall–Kier alpha value is -2.27. The third-order valence-electron chi connectivity index (χ3n) is 2.79. The molecule has 100 valence electrons. The maximum absolute atomic E-state index is 9.22. The molecular formula is C14H16N2O3. The molecule has 2 rings (SSSR count). The van der Waals surface area contributed by atoms with Crippen molar-refractivity contribution in [2.45, 2.75) is 6.42 Å². The van der Waals surface area contributed by atoms with Gasteiger partial charge in [-0.05, 0) is 18.2 Å². The Bertz CT molecular complexity index is 548. The second kappa shape index (κ2) is 6.06. The molecule has 0 aromatic heterocycles. The molecule has 0 amide bonds. The predicted molar refractivity (Wildman–Crippen MR) is 74.3 cm³/mol. The van der Waals surface area contributed by atoms with Crippen molar-refractivity contribution in [3.63, 3.8) is 0 Å². The summed E-state index contributed by atoms with van der Waals surface area (Å²) in [6.45, 7) is 0. The average molecular weight is 260 g/mol. The Kier molecular flexibility index (Phi) is 4.20. The van der Waals surface area contributed by atoms with Gasteiger partial charge >= 0.3 is 0 Å². The standard InChI is InChI=1S/C14H16N2O3/c1-18-12-8-4-3-6-10(12)15-11-7-5-9-13(19-2)14(11)16-17/h3-5,7-9,16-17H,6H2,1-2H3. The first-order valence-corrected chi connectivity index (χ1v) is 5.86. The third-order valence-corrected chi connectivity index (χ3v) is 2.79. The first-order chi connectivity index (χ1) is 9.30. The fourth-order valence-corrected chi connectivity index (χ4v) is 1.86. The summed E-state index contributed by atoms with van der Waals surface area (Å²) in [7, 11) is 3.15. The second-order valence-corrected chi connectivity index (χ2v) is 3.89. The molecule has 5 nitrogen and oxygen atoms in total. The molecule has 0 spiro atoms. The molecule has 19 heavy (non-hydrogen) atoms. The summed E-state index contributed by atoms with van der Waals surface area (Å²) in [4.78, 5) is 4.52. The van der Waals surface area contributed by atoms with Crippen molar-refractivity contribution in [3.8, 4) is 5.75 Å². The molecule has 0 fully saturated rings. The van der Waals surface area contributed by atoms with Crippen LogP contribution in [0.4, 0.5) is 11.4 Å². The van der Waals surface area contributed by atoms with E-state index in [9.17, 15) is 5.21 Å². The number of nitrogens with zero attached hydrogens (tertiary/aromatic N) is 1. The van der Waals surface area contributed by atoms with Crippen molar-refractivity contribution in [3.05, 3.63) is 42.2 Å².